The van der Waals surface area contributed by atoms with Crippen molar-refractivity contribution in [2.24, 2.45) is 0 Å². The molecule has 1 fully saturated rings. The predicted molar refractivity (Wildman–Crippen MR) is 103 cm³/mol. The van der Waals surface area contributed by atoms with Crippen molar-refractivity contribution in [3.8, 4) is 0 Å². The second-order valence-electron chi connectivity index (χ2n) is 7.44. The van der Waals surface area contributed by atoms with Crippen LogP contribution in [0.3, 0.4) is 0 Å². The van der Waals surface area contributed by atoms with Crippen molar-refractivity contribution < 1.29 is 32.2 Å². The van der Waals surface area contributed by atoms with Crippen molar-refractivity contribution in [3.05, 3.63) is 58.9 Å². The summed E-state index contributed by atoms with van der Waals surface area (Å²) in [7, 11) is 2.46. The molecule has 2 aliphatic rings. The maximum Gasteiger partial charge on any atom is 0.416 e. The van der Waals surface area contributed by atoms with Gasteiger partial charge in [0.05, 0.1) is 36.8 Å². The quantitative estimate of drug-likeness (QED) is 0.665. The number of carbonyl (C=O) groups is 2. The Morgan fingerprint density at radius 1 is 0.900 bits per heavy atom. The zero-order chi connectivity index (χ0) is 21.9. The minimum absolute atomic E-state index is 0.131. The summed E-state index contributed by atoms with van der Waals surface area (Å²) in [6.45, 7) is 0. The fourth-order valence-corrected chi connectivity index (χ4v) is 4.07. The van der Waals surface area contributed by atoms with Gasteiger partial charge in [-0.3, -0.25) is 0 Å². The Labute approximate surface area is 173 Å². The molecule has 0 unspecified atom stereocenters. The molecule has 1 heterocycles. The van der Waals surface area contributed by atoms with Gasteiger partial charge in [-0.15, -0.1) is 0 Å². The minimum Gasteiger partial charge on any atom is -0.466 e. The number of hydrogen-bond donors (Lipinski definition) is 0. The monoisotopic (exact) mass is 423 g/mol. The van der Waals surface area contributed by atoms with Gasteiger partial charge in [-0.1, -0.05) is 31.4 Å². The van der Waals surface area contributed by atoms with Crippen molar-refractivity contribution in [1.82, 2.24) is 4.90 Å². The Bertz CT molecular complexity index is 818. The third-order valence-electron chi connectivity index (χ3n) is 5.61. The lowest BCUT2D eigenvalue weighted by Gasteiger charge is -2.36. The second kappa shape index (κ2) is 8.93. The van der Waals surface area contributed by atoms with E-state index < -0.39 is 29.6 Å². The van der Waals surface area contributed by atoms with Crippen LogP contribution < -0.4 is 0 Å². The van der Waals surface area contributed by atoms with Crippen molar-refractivity contribution in [1.29, 1.82) is 0 Å². The number of nitrogens with zero attached hydrogens (tertiary/aromatic N) is 1. The molecule has 3 rings (SSSR count). The SMILES string of the molecule is COC(=O)C1=CN(C2CCCCC2)C=C(C(=O)OC)C1c1ccc(C(F)(F)F)cc1. The fraction of sp³-hybridized carbons (Fsp3) is 0.455. The van der Waals surface area contributed by atoms with Crippen LogP contribution in [0, 0.1) is 0 Å². The maximum absolute atomic E-state index is 13.0. The third-order valence-corrected chi connectivity index (χ3v) is 5.61. The number of hydrogen-bond acceptors (Lipinski definition) is 5. The molecule has 30 heavy (non-hydrogen) atoms. The molecule has 8 heteroatoms. The van der Waals surface area contributed by atoms with Crippen LogP contribution in [0.15, 0.2) is 47.8 Å². The van der Waals surface area contributed by atoms with Crippen molar-refractivity contribution in [2.45, 2.75) is 50.2 Å². The highest BCUT2D eigenvalue weighted by atomic mass is 19.4. The molecule has 5 nitrogen and oxygen atoms in total. The number of halogens is 3. The molecule has 0 radical (unpaired) electrons. The van der Waals surface area contributed by atoms with E-state index in [1.54, 1.807) is 12.4 Å². The number of carbonyl (C=O) groups excluding carboxylic acids is 2. The van der Waals surface area contributed by atoms with Gasteiger partial charge in [-0.05, 0) is 30.5 Å². The van der Waals surface area contributed by atoms with E-state index in [0.717, 1.165) is 44.2 Å². The average molecular weight is 423 g/mol. The summed E-state index contributed by atoms with van der Waals surface area (Å²) in [6.07, 6.45) is 3.89. The second-order valence-corrected chi connectivity index (χ2v) is 7.44. The fourth-order valence-electron chi connectivity index (χ4n) is 4.07. The molecule has 0 amide bonds. The lowest BCUT2D eigenvalue weighted by Crippen LogP contribution is -2.35. The van der Waals surface area contributed by atoms with E-state index in [-0.39, 0.29) is 17.2 Å². The van der Waals surface area contributed by atoms with Crippen LogP contribution in [0.5, 0.6) is 0 Å². The summed E-state index contributed by atoms with van der Waals surface area (Å²) < 4.78 is 48.7. The summed E-state index contributed by atoms with van der Waals surface area (Å²) in [5.41, 5.74) is -0.0610. The van der Waals surface area contributed by atoms with Gasteiger partial charge in [0.1, 0.15) is 0 Å². The van der Waals surface area contributed by atoms with E-state index >= 15 is 0 Å². The van der Waals surface area contributed by atoms with Crippen LogP contribution in [-0.2, 0) is 25.2 Å². The Kier molecular flexibility index (Phi) is 6.53. The molecule has 1 aliphatic carbocycles. The summed E-state index contributed by atoms with van der Waals surface area (Å²) >= 11 is 0. The van der Waals surface area contributed by atoms with Gasteiger partial charge in [-0.2, -0.15) is 13.2 Å². The van der Waals surface area contributed by atoms with Crippen LogP contribution >= 0.6 is 0 Å². The Hall–Kier alpha value is -2.77. The first-order valence-electron chi connectivity index (χ1n) is 9.81. The van der Waals surface area contributed by atoms with Gasteiger partial charge in [0.2, 0.25) is 0 Å². The molecule has 162 valence electrons. The highest BCUT2D eigenvalue weighted by molar-refractivity contribution is 5.98. The summed E-state index contributed by atoms with van der Waals surface area (Å²) in [5, 5.41) is 0. The average Bonchev–Trinajstić information content (AvgIpc) is 2.77. The van der Waals surface area contributed by atoms with Crippen molar-refractivity contribution >= 4 is 11.9 Å². The van der Waals surface area contributed by atoms with E-state index in [4.69, 9.17) is 9.47 Å². The minimum atomic E-state index is -4.48. The first kappa shape index (κ1) is 21.9. The van der Waals surface area contributed by atoms with Crippen molar-refractivity contribution in [3.63, 3.8) is 0 Å². The molecule has 0 saturated heterocycles. The molecule has 1 aromatic rings. The molecule has 1 saturated carbocycles. The third kappa shape index (κ3) is 4.52. The summed E-state index contributed by atoms with van der Waals surface area (Å²) in [5.74, 6) is -2.17. The number of esters is 2. The van der Waals surface area contributed by atoms with Crippen LogP contribution in [0.25, 0.3) is 0 Å². The molecule has 1 aromatic carbocycles. The standard InChI is InChI=1S/C22H24F3NO4/c1-29-20(27)17-12-26(16-6-4-3-5-7-16)13-18(21(28)30-2)19(17)14-8-10-15(11-9-14)22(23,24)25/h8-13,16,19H,3-7H2,1-2H3. The lowest BCUT2D eigenvalue weighted by molar-refractivity contribution is -0.138. The molecule has 0 N–H and O–H groups in total. The molecule has 0 bridgehead atoms. The van der Waals surface area contributed by atoms with E-state index in [0.29, 0.717) is 5.56 Å². The van der Waals surface area contributed by atoms with Crippen molar-refractivity contribution in [2.75, 3.05) is 14.2 Å². The molecule has 1 aliphatic heterocycles. The van der Waals surface area contributed by atoms with Gasteiger partial charge in [0.25, 0.3) is 0 Å². The van der Waals surface area contributed by atoms with Crippen LogP contribution in [0.4, 0.5) is 13.2 Å². The molecule has 0 spiro atoms. The van der Waals surface area contributed by atoms with Gasteiger partial charge < -0.3 is 14.4 Å². The van der Waals surface area contributed by atoms with E-state index in [2.05, 4.69) is 0 Å². The highest BCUT2D eigenvalue weighted by Crippen LogP contribution is 2.40. The highest BCUT2D eigenvalue weighted by Gasteiger charge is 2.37. The van der Waals surface area contributed by atoms with Gasteiger partial charge in [0.15, 0.2) is 0 Å². The first-order valence-corrected chi connectivity index (χ1v) is 9.81. The predicted octanol–water partition coefficient (Wildman–Crippen LogP) is 4.55. The smallest absolute Gasteiger partial charge is 0.416 e. The molecule has 0 aromatic heterocycles. The molecular weight excluding hydrogens is 399 g/mol. The number of rotatable bonds is 4. The van der Waals surface area contributed by atoms with Crippen LogP contribution in [-0.4, -0.2) is 37.1 Å². The normalized spacial score (nSPS) is 18.5. The summed E-state index contributed by atoms with van der Waals surface area (Å²) in [4.78, 5) is 27.0. The number of ether oxygens (including phenoxy) is 2. The number of benzene rings is 1. The van der Waals surface area contributed by atoms with Gasteiger partial charge in [-0.25, -0.2) is 9.59 Å². The van der Waals surface area contributed by atoms with Gasteiger partial charge in [0, 0.05) is 18.4 Å². The number of methoxy groups -OCH3 is 2. The zero-order valence-electron chi connectivity index (χ0n) is 16.9. The van der Waals surface area contributed by atoms with E-state index in [9.17, 15) is 22.8 Å². The number of alkyl halides is 3. The topological polar surface area (TPSA) is 55.8 Å². The van der Waals surface area contributed by atoms with Gasteiger partial charge >= 0.3 is 18.1 Å². The lowest BCUT2D eigenvalue weighted by atomic mass is 9.82. The Morgan fingerprint density at radius 3 is 1.83 bits per heavy atom. The largest absolute Gasteiger partial charge is 0.466 e. The van der Waals surface area contributed by atoms with Crippen LogP contribution in [0.1, 0.15) is 49.1 Å². The van der Waals surface area contributed by atoms with E-state index in [1.165, 1.54) is 26.4 Å². The molecule has 0 atom stereocenters. The zero-order valence-corrected chi connectivity index (χ0v) is 16.9. The van der Waals surface area contributed by atoms with Crippen LogP contribution in [0.2, 0.25) is 0 Å². The summed E-state index contributed by atoms with van der Waals surface area (Å²) in [6, 6.07) is 4.56. The Balaban J connectivity index is 2.06. The molecular formula is C22H24F3NO4. The van der Waals surface area contributed by atoms with E-state index in [1.807, 2.05) is 4.90 Å². The first-order chi connectivity index (χ1) is 14.3. The maximum atomic E-state index is 13.0. The Morgan fingerprint density at radius 2 is 1.40 bits per heavy atom.